The zero-order valence-corrected chi connectivity index (χ0v) is 16.3. The second-order valence-corrected chi connectivity index (χ2v) is 7.00. The smallest absolute Gasteiger partial charge is 0.317 e. The number of rotatable bonds is 6. The highest BCUT2D eigenvalue weighted by Crippen LogP contribution is 2.26. The Labute approximate surface area is 154 Å². The van der Waals surface area contributed by atoms with Gasteiger partial charge in [0.15, 0.2) is 0 Å². The minimum Gasteiger partial charge on any atom is -0.496 e. The Hall–Kier alpha value is -2.14. The van der Waals surface area contributed by atoms with Crippen LogP contribution in [0.3, 0.4) is 0 Å². The van der Waals surface area contributed by atoms with E-state index in [1.54, 1.807) is 30.8 Å². The number of ether oxygens (including phenoxy) is 1. The number of benzene rings is 2. The Morgan fingerprint density at radius 2 is 1.92 bits per heavy atom. The molecule has 0 fully saturated rings. The molecule has 5 heteroatoms. The van der Waals surface area contributed by atoms with Crippen LogP contribution in [0.25, 0.3) is 0 Å². The minimum absolute atomic E-state index is 0.106. The first-order valence-electron chi connectivity index (χ1n) is 8.23. The fourth-order valence-electron chi connectivity index (χ4n) is 2.64. The monoisotopic (exact) mass is 358 g/mol. The molecule has 2 aromatic rings. The van der Waals surface area contributed by atoms with Crippen molar-refractivity contribution in [3.63, 3.8) is 0 Å². The van der Waals surface area contributed by atoms with Crippen molar-refractivity contribution in [1.82, 2.24) is 10.2 Å². The molecule has 2 amide bonds. The number of carbonyl (C=O) groups excluding carboxylic acids is 1. The van der Waals surface area contributed by atoms with E-state index in [0.29, 0.717) is 6.54 Å². The van der Waals surface area contributed by atoms with Gasteiger partial charge in [0.1, 0.15) is 5.75 Å². The molecule has 0 saturated heterocycles. The third kappa shape index (κ3) is 5.16. The van der Waals surface area contributed by atoms with Crippen LogP contribution in [0.15, 0.2) is 47.4 Å². The van der Waals surface area contributed by atoms with Crippen LogP contribution in [0.1, 0.15) is 29.7 Å². The number of amides is 2. The number of methoxy groups -OCH3 is 1. The molecular weight excluding hydrogens is 332 g/mol. The molecule has 0 radical (unpaired) electrons. The standard InChI is InChI=1S/C20H26N2O2S/c1-14-6-11-19(24-4)18(12-14)15(2)21-20(23)22(3)13-16-7-9-17(25-5)10-8-16/h6-12,15H,13H2,1-5H3,(H,21,23). The topological polar surface area (TPSA) is 41.6 Å². The van der Waals surface area contributed by atoms with Gasteiger partial charge >= 0.3 is 6.03 Å². The van der Waals surface area contributed by atoms with Crippen LogP contribution in [0.4, 0.5) is 4.79 Å². The largest absolute Gasteiger partial charge is 0.496 e. The van der Waals surface area contributed by atoms with E-state index in [1.165, 1.54) is 4.90 Å². The predicted molar refractivity (Wildman–Crippen MR) is 104 cm³/mol. The summed E-state index contributed by atoms with van der Waals surface area (Å²) in [7, 11) is 3.45. The lowest BCUT2D eigenvalue weighted by Gasteiger charge is -2.23. The highest BCUT2D eigenvalue weighted by molar-refractivity contribution is 7.98. The molecule has 0 aliphatic rings. The van der Waals surface area contributed by atoms with Crippen LogP contribution in [0.5, 0.6) is 5.75 Å². The number of nitrogens with zero attached hydrogens (tertiary/aromatic N) is 1. The summed E-state index contributed by atoms with van der Waals surface area (Å²) in [5, 5.41) is 3.04. The number of hydrogen-bond donors (Lipinski definition) is 1. The molecule has 0 aromatic heterocycles. The average Bonchev–Trinajstić information content (AvgIpc) is 2.62. The zero-order chi connectivity index (χ0) is 18.4. The normalized spacial score (nSPS) is 11.7. The minimum atomic E-state index is -0.135. The number of aryl methyl sites for hydroxylation is 1. The summed E-state index contributed by atoms with van der Waals surface area (Å²) < 4.78 is 5.41. The molecule has 0 aliphatic carbocycles. The van der Waals surface area contributed by atoms with Crippen molar-refractivity contribution in [1.29, 1.82) is 0 Å². The fraction of sp³-hybridized carbons (Fsp3) is 0.350. The van der Waals surface area contributed by atoms with E-state index in [4.69, 9.17) is 4.74 Å². The molecule has 2 aromatic carbocycles. The van der Waals surface area contributed by atoms with E-state index in [2.05, 4.69) is 35.8 Å². The van der Waals surface area contributed by atoms with Crippen LogP contribution in [0.2, 0.25) is 0 Å². The van der Waals surface area contributed by atoms with Gasteiger partial charge in [0.05, 0.1) is 13.2 Å². The summed E-state index contributed by atoms with van der Waals surface area (Å²) >= 11 is 1.71. The number of carbonyl (C=O) groups is 1. The molecule has 0 bridgehead atoms. The Morgan fingerprint density at radius 3 is 2.52 bits per heavy atom. The number of urea groups is 1. The van der Waals surface area contributed by atoms with Crippen molar-refractivity contribution >= 4 is 17.8 Å². The molecule has 1 atom stereocenters. The van der Waals surface area contributed by atoms with Crippen LogP contribution >= 0.6 is 11.8 Å². The molecule has 25 heavy (non-hydrogen) atoms. The lowest BCUT2D eigenvalue weighted by Crippen LogP contribution is -2.38. The fourth-order valence-corrected chi connectivity index (χ4v) is 3.05. The molecule has 2 rings (SSSR count). The third-order valence-electron chi connectivity index (χ3n) is 4.12. The van der Waals surface area contributed by atoms with Gasteiger partial charge in [0.25, 0.3) is 0 Å². The summed E-state index contributed by atoms with van der Waals surface area (Å²) in [6, 6.07) is 14.0. The van der Waals surface area contributed by atoms with E-state index < -0.39 is 0 Å². The van der Waals surface area contributed by atoms with Gasteiger partial charge in [-0.1, -0.05) is 29.8 Å². The van der Waals surface area contributed by atoms with E-state index in [9.17, 15) is 4.79 Å². The molecule has 0 aliphatic heterocycles. The zero-order valence-electron chi connectivity index (χ0n) is 15.5. The molecule has 134 valence electrons. The first-order valence-corrected chi connectivity index (χ1v) is 9.46. The molecule has 0 saturated carbocycles. The van der Waals surface area contributed by atoms with Crippen LogP contribution in [-0.4, -0.2) is 31.3 Å². The molecule has 0 heterocycles. The van der Waals surface area contributed by atoms with Gasteiger partial charge < -0.3 is 15.0 Å². The third-order valence-corrected chi connectivity index (χ3v) is 4.86. The van der Waals surface area contributed by atoms with E-state index in [0.717, 1.165) is 22.4 Å². The van der Waals surface area contributed by atoms with Gasteiger partial charge in [0.2, 0.25) is 0 Å². The van der Waals surface area contributed by atoms with E-state index in [1.807, 2.05) is 32.0 Å². The number of thioether (sulfide) groups is 1. The van der Waals surface area contributed by atoms with Gasteiger partial charge in [-0.3, -0.25) is 0 Å². The summed E-state index contributed by atoms with van der Waals surface area (Å²) in [6.07, 6.45) is 2.05. The van der Waals surface area contributed by atoms with Crippen molar-refractivity contribution < 1.29 is 9.53 Å². The Balaban J connectivity index is 2.01. The first-order chi connectivity index (χ1) is 11.9. The van der Waals surface area contributed by atoms with Gasteiger partial charge in [-0.15, -0.1) is 11.8 Å². The van der Waals surface area contributed by atoms with Crippen LogP contribution in [0, 0.1) is 6.92 Å². The molecule has 0 spiro atoms. The maximum atomic E-state index is 12.5. The Morgan fingerprint density at radius 1 is 1.24 bits per heavy atom. The predicted octanol–water partition coefficient (Wildman–Crippen LogP) is 4.63. The molecule has 1 unspecified atom stereocenters. The van der Waals surface area contributed by atoms with Gasteiger partial charge in [-0.05, 0) is 43.9 Å². The first kappa shape index (κ1) is 19.2. The van der Waals surface area contributed by atoms with Crippen molar-refractivity contribution in [2.75, 3.05) is 20.4 Å². The maximum absolute atomic E-state index is 12.5. The molecule has 4 nitrogen and oxygen atoms in total. The highest BCUT2D eigenvalue weighted by Gasteiger charge is 2.17. The number of hydrogen-bond acceptors (Lipinski definition) is 3. The lowest BCUT2D eigenvalue weighted by atomic mass is 10.0. The average molecular weight is 359 g/mol. The molecular formula is C20H26N2O2S. The van der Waals surface area contributed by atoms with Crippen molar-refractivity contribution in [2.45, 2.75) is 31.3 Å². The second kappa shape index (κ2) is 8.81. The lowest BCUT2D eigenvalue weighted by molar-refractivity contribution is 0.203. The summed E-state index contributed by atoms with van der Waals surface area (Å²) in [5.74, 6) is 0.786. The van der Waals surface area contributed by atoms with E-state index >= 15 is 0 Å². The quantitative estimate of drug-likeness (QED) is 0.766. The Kier molecular flexibility index (Phi) is 6.76. The maximum Gasteiger partial charge on any atom is 0.317 e. The number of nitrogens with one attached hydrogen (secondary N) is 1. The van der Waals surface area contributed by atoms with Crippen molar-refractivity contribution in [3.8, 4) is 5.75 Å². The van der Waals surface area contributed by atoms with Crippen LogP contribution < -0.4 is 10.1 Å². The van der Waals surface area contributed by atoms with Gasteiger partial charge in [-0.2, -0.15) is 0 Å². The Bertz CT molecular complexity index is 716. The van der Waals surface area contributed by atoms with Crippen molar-refractivity contribution in [2.24, 2.45) is 0 Å². The highest BCUT2D eigenvalue weighted by atomic mass is 32.2. The van der Waals surface area contributed by atoms with Gasteiger partial charge in [-0.25, -0.2) is 4.79 Å². The second-order valence-electron chi connectivity index (χ2n) is 6.12. The molecule has 1 N–H and O–H groups in total. The SMILES string of the molecule is COc1ccc(C)cc1C(C)NC(=O)N(C)Cc1ccc(SC)cc1. The summed E-state index contributed by atoms with van der Waals surface area (Å²) in [5.41, 5.74) is 3.23. The van der Waals surface area contributed by atoms with E-state index in [-0.39, 0.29) is 12.1 Å². The summed E-state index contributed by atoms with van der Waals surface area (Å²) in [6.45, 7) is 4.57. The van der Waals surface area contributed by atoms with Crippen LogP contribution in [-0.2, 0) is 6.54 Å². The van der Waals surface area contributed by atoms with Crippen molar-refractivity contribution in [3.05, 3.63) is 59.2 Å². The summed E-state index contributed by atoms with van der Waals surface area (Å²) in [4.78, 5) is 15.4. The van der Waals surface area contributed by atoms with Gasteiger partial charge in [0, 0.05) is 24.1 Å².